The summed E-state index contributed by atoms with van der Waals surface area (Å²) in [6.45, 7) is 5.56. The fraction of sp³-hybridized carbons (Fsp3) is 0.389. The molecule has 1 N–H and O–H groups in total. The standard InChI is InChI=1S/C18H21N5O2/c1-3-14-10-17(23-18(22-14)19-11-20-23)21-12(2)13-5-6-15-16(9-13)25-8-4-7-24-15/h5-6,9-12,21H,3-4,7-8H2,1-2H3/t12-/m0/s1. The van der Waals surface area contributed by atoms with Crippen LogP contribution in [0.4, 0.5) is 5.82 Å². The largest absolute Gasteiger partial charge is 0.490 e. The smallest absolute Gasteiger partial charge is 0.254 e. The molecule has 0 bridgehead atoms. The maximum absolute atomic E-state index is 5.79. The van der Waals surface area contributed by atoms with E-state index in [0.29, 0.717) is 19.0 Å². The van der Waals surface area contributed by atoms with Gasteiger partial charge < -0.3 is 14.8 Å². The van der Waals surface area contributed by atoms with Crippen molar-refractivity contribution < 1.29 is 9.47 Å². The molecule has 1 aromatic carbocycles. The van der Waals surface area contributed by atoms with Crippen molar-refractivity contribution in [2.24, 2.45) is 0 Å². The summed E-state index contributed by atoms with van der Waals surface area (Å²) in [7, 11) is 0. The highest BCUT2D eigenvalue weighted by Crippen LogP contribution is 2.33. The summed E-state index contributed by atoms with van der Waals surface area (Å²) in [4.78, 5) is 8.68. The fourth-order valence-corrected chi connectivity index (χ4v) is 2.90. The number of nitrogens with zero attached hydrogens (tertiary/aromatic N) is 4. The fourth-order valence-electron chi connectivity index (χ4n) is 2.90. The van der Waals surface area contributed by atoms with Gasteiger partial charge in [0.25, 0.3) is 5.78 Å². The predicted molar refractivity (Wildman–Crippen MR) is 94.2 cm³/mol. The van der Waals surface area contributed by atoms with Crippen LogP contribution in [0.15, 0.2) is 30.6 Å². The molecule has 0 amide bonds. The SMILES string of the molecule is CCc1cc(N[C@@H](C)c2ccc3c(c2)OCCCO3)n2ncnc2n1. The number of ether oxygens (including phenoxy) is 2. The summed E-state index contributed by atoms with van der Waals surface area (Å²) in [6.07, 6.45) is 3.26. The molecular weight excluding hydrogens is 318 g/mol. The molecule has 2 aromatic heterocycles. The number of nitrogens with one attached hydrogen (secondary N) is 1. The lowest BCUT2D eigenvalue weighted by Gasteiger charge is -2.18. The summed E-state index contributed by atoms with van der Waals surface area (Å²) < 4.78 is 13.2. The number of hydrogen-bond donors (Lipinski definition) is 1. The molecule has 4 rings (SSSR count). The molecule has 3 heterocycles. The van der Waals surface area contributed by atoms with Crippen molar-refractivity contribution in [3.8, 4) is 11.5 Å². The van der Waals surface area contributed by atoms with E-state index in [2.05, 4.69) is 40.3 Å². The number of benzene rings is 1. The van der Waals surface area contributed by atoms with Gasteiger partial charge in [0.05, 0.1) is 19.3 Å². The van der Waals surface area contributed by atoms with E-state index in [4.69, 9.17) is 9.47 Å². The number of aryl methyl sites for hydroxylation is 1. The van der Waals surface area contributed by atoms with Gasteiger partial charge in [-0.05, 0) is 31.0 Å². The molecule has 0 radical (unpaired) electrons. The van der Waals surface area contributed by atoms with Crippen molar-refractivity contribution in [3.63, 3.8) is 0 Å². The second-order valence-corrected chi connectivity index (χ2v) is 6.08. The molecule has 0 fully saturated rings. The van der Waals surface area contributed by atoms with Crippen LogP contribution in [0.5, 0.6) is 11.5 Å². The third-order valence-electron chi connectivity index (χ3n) is 4.30. The highest BCUT2D eigenvalue weighted by atomic mass is 16.5. The van der Waals surface area contributed by atoms with Gasteiger partial charge in [-0.3, -0.25) is 0 Å². The van der Waals surface area contributed by atoms with E-state index in [9.17, 15) is 0 Å². The van der Waals surface area contributed by atoms with Gasteiger partial charge in [-0.1, -0.05) is 13.0 Å². The summed E-state index contributed by atoms with van der Waals surface area (Å²) >= 11 is 0. The lowest BCUT2D eigenvalue weighted by Crippen LogP contribution is -2.12. The first-order valence-electron chi connectivity index (χ1n) is 8.60. The Bertz CT molecular complexity index is 892. The Kier molecular flexibility index (Phi) is 4.13. The molecule has 0 unspecified atom stereocenters. The second kappa shape index (κ2) is 6.58. The number of fused-ring (bicyclic) bond motifs is 2. The Balaban J connectivity index is 1.63. The van der Waals surface area contributed by atoms with Crippen molar-refractivity contribution in [1.82, 2.24) is 19.6 Å². The third-order valence-corrected chi connectivity index (χ3v) is 4.30. The third kappa shape index (κ3) is 3.09. The Hall–Kier alpha value is -2.83. The minimum absolute atomic E-state index is 0.0664. The van der Waals surface area contributed by atoms with E-state index in [1.54, 1.807) is 4.52 Å². The van der Waals surface area contributed by atoms with Crippen LogP contribution in [0.3, 0.4) is 0 Å². The van der Waals surface area contributed by atoms with Gasteiger partial charge in [-0.2, -0.15) is 14.6 Å². The number of hydrogen-bond acceptors (Lipinski definition) is 6. The quantitative estimate of drug-likeness (QED) is 0.788. The zero-order valence-electron chi connectivity index (χ0n) is 14.4. The van der Waals surface area contributed by atoms with Crippen LogP contribution in [0.1, 0.15) is 37.6 Å². The van der Waals surface area contributed by atoms with Crippen LogP contribution in [0.25, 0.3) is 5.78 Å². The Morgan fingerprint density at radius 2 is 2.04 bits per heavy atom. The molecule has 25 heavy (non-hydrogen) atoms. The summed E-state index contributed by atoms with van der Waals surface area (Å²) in [5.74, 6) is 3.09. The van der Waals surface area contributed by atoms with Gasteiger partial charge >= 0.3 is 0 Å². The molecule has 0 spiro atoms. The normalized spacial score (nSPS) is 15.0. The minimum Gasteiger partial charge on any atom is -0.490 e. The second-order valence-electron chi connectivity index (χ2n) is 6.08. The molecule has 0 saturated carbocycles. The van der Waals surface area contributed by atoms with Crippen molar-refractivity contribution in [2.75, 3.05) is 18.5 Å². The highest BCUT2D eigenvalue weighted by molar-refractivity contribution is 5.49. The summed E-state index contributed by atoms with van der Waals surface area (Å²) in [6, 6.07) is 8.16. The van der Waals surface area contributed by atoms with E-state index in [-0.39, 0.29) is 6.04 Å². The maximum atomic E-state index is 5.79. The van der Waals surface area contributed by atoms with E-state index in [0.717, 1.165) is 41.4 Å². The average molecular weight is 339 g/mol. The minimum atomic E-state index is 0.0664. The monoisotopic (exact) mass is 339 g/mol. The number of aromatic nitrogens is 4. The molecule has 1 aliphatic heterocycles. The van der Waals surface area contributed by atoms with E-state index in [1.165, 1.54) is 6.33 Å². The number of anilines is 1. The lowest BCUT2D eigenvalue weighted by molar-refractivity contribution is 0.297. The number of rotatable bonds is 4. The van der Waals surface area contributed by atoms with Crippen LogP contribution in [0, 0.1) is 0 Å². The lowest BCUT2D eigenvalue weighted by atomic mass is 10.1. The predicted octanol–water partition coefficient (Wildman–Crippen LogP) is 3.02. The summed E-state index contributed by atoms with van der Waals surface area (Å²) in [5, 5.41) is 7.77. The molecule has 3 aromatic rings. The van der Waals surface area contributed by atoms with Crippen molar-refractivity contribution in [1.29, 1.82) is 0 Å². The van der Waals surface area contributed by atoms with E-state index >= 15 is 0 Å². The van der Waals surface area contributed by atoms with Gasteiger partial charge in [-0.25, -0.2) is 4.98 Å². The molecule has 7 heteroatoms. The highest BCUT2D eigenvalue weighted by Gasteiger charge is 2.15. The van der Waals surface area contributed by atoms with Crippen LogP contribution in [0.2, 0.25) is 0 Å². The maximum Gasteiger partial charge on any atom is 0.254 e. The van der Waals surface area contributed by atoms with Gasteiger partial charge in [0.2, 0.25) is 0 Å². The van der Waals surface area contributed by atoms with E-state index < -0.39 is 0 Å². The topological polar surface area (TPSA) is 73.6 Å². The van der Waals surface area contributed by atoms with Crippen LogP contribution in [-0.2, 0) is 6.42 Å². The first-order valence-corrected chi connectivity index (χ1v) is 8.60. The molecular formula is C18H21N5O2. The zero-order chi connectivity index (χ0) is 17.2. The molecule has 0 saturated heterocycles. The van der Waals surface area contributed by atoms with Crippen molar-refractivity contribution >= 4 is 11.6 Å². The van der Waals surface area contributed by atoms with Gasteiger partial charge in [0, 0.05) is 18.2 Å². The zero-order valence-corrected chi connectivity index (χ0v) is 14.4. The van der Waals surface area contributed by atoms with Gasteiger partial charge in [0.1, 0.15) is 12.1 Å². The molecule has 1 aliphatic rings. The van der Waals surface area contributed by atoms with Gasteiger partial charge in [0.15, 0.2) is 11.5 Å². The van der Waals surface area contributed by atoms with Crippen LogP contribution in [-0.4, -0.2) is 32.8 Å². The van der Waals surface area contributed by atoms with Crippen molar-refractivity contribution in [3.05, 3.63) is 41.9 Å². The van der Waals surface area contributed by atoms with Gasteiger partial charge in [-0.15, -0.1) is 0 Å². The van der Waals surface area contributed by atoms with E-state index in [1.807, 2.05) is 18.2 Å². The molecule has 1 atom stereocenters. The van der Waals surface area contributed by atoms with Crippen LogP contribution < -0.4 is 14.8 Å². The Morgan fingerprint density at radius 3 is 2.88 bits per heavy atom. The molecule has 130 valence electrons. The first kappa shape index (κ1) is 15.7. The average Bonchev–Trinajstić information content (AvgIpc) is 2.98. The Labute approximate surface area is 146 Å². The molecule has 7 nitrogen and oxygen atoms in total. The first-order chi connectivity index (χ1) is 12.2. The van der Waals surface area contributed by atoms with Crippen LogP contribution >= 0.6 is 0 Å². The van der Waals surface area contributed by atoms with Crippen molar-refractivity contribution in [2.45, 2.75) is 32.7 Å². The summed E-state index contributed by atoms with van der Waals surface area (Å²) in [5.41, 5.74) is 2.10. The Morgan fingerprint density at radius 1 is 1.20 bits per heavy atom. The molecule has 0 aliphatic carbocycles.